The summed E-state index contributed by atoms with van der Waals surface area (Å²) >= 11 is 0. The topological polar surface area (TPSA) is 34.1 Å². The first kappa shape index (κ1) is 14.9. The molecule has 0 aliphatic rings. The normalized spacial score (nSPS) is 14.8. The molecular weight excluding hydrogens is 279 g/mol. The SMILES string of the molecule is O=S(=O)(Cc1ccccc1)C(C(F)F)C(F)(F)F. The van der Waals surface area contributed by atoms with Gasteiger partial charge in [-0.3, -0.25) is 0 Å². The van der Waals surface area contributed by atoms with Crippen LogP contribution < -0.4 is 0 Å². The van der Waals surface area contributed by atoms with Crippen molar-refractivity contribution < 1.29 is 30.4 Å². The van der Waals surface area contributed by atoms with Crippen LogP contribution in [-0.2, 0) is 15.6 Å². The Hall–Kier alpha value is -1.18. The molecule has 0 spiro atoms. The van der Waals surface area contributed by atoms with E-state index in [0.29, 0.717) is 0 Å². The Labute approximate surface area is 100 Å². The number of halogens is 5. The Kier molecular flexibility index (Phi) is 4.31. The predicted molar refractivity (Wildman–Crippen MR) is 54.9 cm³/mol. The van der Waals surface area contributed by atoms with Gasteiger partial charge in [-0.1, -0.05) is 30.3 Å². The van der Waals surface area contributed by atoms with E-state index in [4.69, 9.17) is 0 Å². The van der Waals surface area contributed by atoms with Gasteiger partial charge in [0.05, 0.1) is 5.75 Å². The van der Waals surface area contributed by atoms with E-state index in [-0.39, 0.29) is 5.56 Å². The molecule has 0 N–H and O–H groups in total. The molecule has 0 fully saturated rings. The maximum Gasteiger partial charge on any atom is 0.411 e. The van der Waals surface area contributed by atoms with Gasteiger partial charge in [-0.05, 0) is 5.56 Å². The first-order valence-corrected chi connectivity index (χ1v) is 6.46. The zero-order valence-electron chi connectivity index (χ0n) is 8.86. The zero-order valence-corrected chi connectivity index (χ0v) is 9.68. The molecule has 18 heavy (non-hydrogen) atoms. The highest BCUT2D eigenvalue weighted by atomic mass is 32.2. The third-order valence-electron chi connectivity index (χ3n) is 2.15. The molecule has 1 atom stereocenters. The summed E-state index contributed by atoms with van der Waals surface area (Å²) in [7, 11) is -5.01. The van der Waals surface area contributed by atoms with Crippen LogP contribution in [0.3, 0.4) is 0 Å². The van der Waals surface area contributed by atoms with Crippen molar-refractivity contribution >= 4 is 9.84 Å². The highest BCUT2D eigenvalue weighted by Crippen LogP contribution is 2.32. The van der Waals surface area contributed by atoms with E-state index in [1.54, 1.807) is 0 Å². The molecule has 102 valence electrons. The van der Waals surface area contributed by atoms with Crippen LogP contribution in [-0.4, -0.2) is 26.3 Å². The third-order valence-corrected chi connectivity index (χ3v) is 4.13. The molecule has 1 rings (SSSR count). The van der Waals surface area contributed by atoms with E-state index >= 15 is 0 Å². The fourth-order valence-corrected chi connectivity index (χ4v) is 2.96. The lowest BCUT2D eigenvalue weighted by Crippen LogP contribution is -2.43. The minimum atomic E-state index is -5.48. The summed E-state index contributed by atoms with van der Waals surface area (Å²) in [6.45, 7) is 0. The quantitative estimate of drug-likeness (QED) is 0.798. The first-order chi connectivity index (χ1) is 8.14. The van der Waals surface area contributed by atoms with Gasteiger partial charge in [0.15, 0.2) is 9.84 Å². The number of hydrogen-bond acceptors (Lipinski definition) is 2. The third kappa shape index (κ3) is 3.66. The molecule has 0 saturated heterocycles. The van der Waals surface area contributed by atoms with Crippen molar-refractivity contribution in [3.05, 3.63) is 35.9 Å². The van der Waals surface area contributed by atoms with Gasteiger partial charge < -0.3 is 0 Å². The fourth-order valence-electron chi connectivity index (χ4n) is 1.40. The Morgan fingerprint density at radius 3 is 1.94 bits per heavy atom. The number of hydrogen-bond donors (Lipinski definition) is 0. The Balaban J connectivity index is 3.05. The van der Waals surface area contributed by atoms with Crippen molar-refractivity contribution in [3.8, 4) is 0 Å². The second kappa shape index (κ2) is 5.21. The molecule has 8 heteroatoms. The molecule has 2 nitrogen and oxygen atoms in total. The van der Waals surface area contributed by atoms with E-state index in [2.05, 4.69) is 0 Å². The zero-order chi connectivity index (χ0) is 14.0. The van der Waals surface area contributed by atoms with Gasteiger partial charge in [0.2, 0.25) is 5.25 Å². The van der Waals surface area contributed by atoms with Gasteiger partial charge in [-0.25, -0.2) is 17.2 Å². The van der Waals surface area contributed by atoms with Crippen LogP contribution in [0.2, 0.25) is 0 Å². The van der Waals surface area contributed by atoms with Crippen molar-refractivity contribution in [1.82, 2.24) is 0 Å². The lowest BCUT2D eigenvalue weighted by molar-refractivity contribution is -0.153. The molecule has 0 amide bonds. The fraction of sp³-hybridized carbons (Fsp3) is 0.400. The molecule has 0 aliphatic carbocycles. The van der Waals surface area contributed by atoms with Crippen molar-refractivity contribution in [2.24, 2.45) is 0 Å². The molecule has 0 bridgehead atoms. The Morgan fingerprint density at radius 2 is 1.56 bits per heavy atom. The van der Waals surface area contributed by atoms with Crippen LogP contribution in [0.15, 0.2) is 30.3 Å². The molecule has 0 heterocycles. The molecule has 0 saturated carbocycles. The van der Waals surface area contributed by atoms with E-state index in [9.17, 15) is 30.4 Å². The maximum absolute atomic E-state index is 12.3. The van der Waals surface area contributed by atoms with Crippen LogP contribution in [0.1, 0.15) is 5.56 Å². The molecule has 0 aromatic heterocycles. The monoisotopic (exact) mass is 288 g/mol. The molecule has 1 aromatic rings. The number of sulfone groups is 1. The molecule has 1 aromatic carbocycles. The Bertz CT molecular complexity index is 481. The van der Waals surface area contributed by atoms with E-state index in [1.807, 2.05) is 0 Å². The smallest absolute Gasteiger partial charge is 0.228 e. The van der Waals surface area contributed by atoms with Gasteiger partial charge >= 0.3 is 6.18 Å². The van der Waals surface area contributed by atoms with Gasteiger partial charge in [0.1, 0.15) is 0 Å². The molecule has 0 aliphatic heterocycles. The van der Waals surface area contributed by atoms with E-state index in [1.165, 1.54) is 30.3 Å². The van der Waals surface area contributed by atoms with Crippen LogP contribution in [0.25, 0.3) is 0 Å². The summed E-state index contributed by atoms with van der Waals surface area (Å²) in [6, 6.07) is 6.88. The first-order valence-electron chi connectivity index (χ1n) is 4.75. The summed E-state index contributed by atoms with van der Waals surface area (Å²) in [4.78, 5) is 0. The lowest BCUT2D eigenvalue weighted by Gasteiger charge is -2.19. The standard InChI is InChI=1S/C10H9F5O2S/c11-9(12)8(10(13,14)15)18(16,17)6-7-4-2-1-3-5-7/h1-5,8-9H,6H2. The largest absolute Gasteiger partial charge is 0.411 e. The summed E-state index contributed by atoms with van der Waals surface area (Å²) < 4.78 is 84.3. The molecule has 1 unspecified atom stereocenters. The average Bonchev–Trinajstić information content (AvgIpc) is 2.13. The average molecular weight is 288 g/mol. The lowest BCUT2D eigenvalue weighted by atomic mass is 10.2. The minimum absolute atomic E-state index is 0.0346. The van der Waals surface area contributed by atoms with Crippen molar-refractivity contribution in [3.63, 3.8) is 0 Å². The van der Waals surface area contributed by atoms with Crippen LogP contribution >= 0.6 is 0 Å². The maximum atomic E-state index is 12.3. The molecule has 0 radical (unpaired) electrons. The highest BCUT2D eigenvalue weighted by Gasteiger charge is 2.54. The van der Waals surface area contributed by atoms with Crippen LogP contribution in [0.5, 0.6) is 0 Å². The number of alkyl halides is 5. The Morgan fingerprint density at radius 1 is 1.06 bits per heavy atom. The number of rotatable bonds is 4. The summed E-state index contributed by atoms with van der Waals surface area (Å²) in [6.07, 6.45) is -9.49. The van der Waals surface area contributed by atoms with Gasteiger partial charge in [-0.15, -0.1) is 0 Å². The second-order valence-corrected chi connectivity index (χ2v) is 5.71. The predicted octanol–water partition coefficient (Wildman–Crippen LogP) is 2.80. The summed E-state index contributed by atoms with van der Waals surface area (Å²) in [5, 5.41) is -3.65. The van der Waals surface area contributed by atoms with Gasteiger partial charge in [-0.2, -0.15) is 13.2 Å². The second-order valence-electron chi connectivity index (χ2n) is 3.59. The van der Waals surface area contributed by atoms with Gasteiger partial charge in [0, 0.05) is 0 Å². The van der Waals surface area contributed by atoms with Crippen molar-refractivity contribution in [2.75, 3.05) is 0 Å². The minimum Gasteiger partial charge on any atom is -0.228 e. The van der Waals surface area contributed by atoms with Crippen LogP contribution in [0, 0.1) is 0 Å². The summed E-state index contributed by atoms with van der Waals surface area (Å²) in [5.41, 5.74) is 0.0346. The van der Waals surface area contributed by atoms with Crippen LogP contribution in [0.4, 0.5) is 22.0 Å². The summed E-state index contributed by atoms with van der Waals surface area (Å²) in [5.74, 6) is -1.07. The number of benzene rings is 1. The highest BCUT2D eigenvalue weighted by molar-refractivity contribution is 7.91. The van der Waals surface area contributed by atoms with E-state index in [0.717, 1.165) is 0 Å². The van der Waals surface area contributed by atoms with Crippen molar-refractivity contribution in [1.29, 1.82) is 0 Å². The van der Waals surface area contributed by atoms with E-state index < -0.39 is 33.4 Å². The molecular formula is C10H9F5O2S. The van der Waals surface area contributed by atoms with Crippen molar-refractivity contribution in [2.45, 2.75) is 23.6 Å². The van der Waals surface area contributed by atoms with Gasteiger partial charge in [0.25, 0.3) is 6.43 Å².